The number of ether oxygens (including phenoxy) is 2. The third-order valence-electron chi connectivity index (χ3n) is 9.49. The number of sulfone groups is 1. The molecule has 0 spiro atoms. The van der Waals surface area contributed by atoms with Crippen LogP contribution in [-0.2, 0) is 41.1 Å². The third kappa shape index (κ3) is 6.98. The monoisotopic (exact) mass is 737 g/mol. The fourth-order valence-corrected chi connectivity index (χ4v) is 8.85. The molecule has 3 aromatic carbocycles. The molecule has 1 saturated carbocycles. The summed E-state index contributed by atoms with van der Waals surface area (Å²) in [5.74, 6) is -4.00. The number of alkyl halides is 6. The first-order chi connectivity index (χ1) is 23.4. The van der Waals surface area contributed by atoms with Gasteiger partial charge < -0.3 is 14.4 Å². The first-order valence-corrected chi connectivity index (χ1v) is 17.1. The van der Waals surface area contributed by atoms with Crippen molar-refractivity contribution in [3.05, 3.63) is 101 Å². The molecular formula is C34H32F9NO5S. The predicted molar refractivity (Wildman–Crippen MR) is 161 cm³/mol. The number of halogens is 9. The molecule has 1 amide bonds. The Kier molecular flexibility index (Phi) is 10.7. The molecule has 0 radical (unpaired) electrons. The molecule has 1 aliphatic carbocycles. The molecule has 0 aromatic heterocycles. The lowest BCUT2D eigenvalue weighted by Crippen LogP contribution is -2.56. The molecule has 0 bridgehead atoms. The van der Waals surface area contributed by atoms with E-state index in [9.17, 15) is 52.7 Å². The highest BCUT2D eigenvalue weighted by Gasteiger charge is 2.73. The summed E-state index contributed by atoms with van der Waals surface area (Å²) in [5.41, 5.74) is -7.86. The van der Waals surface area contributed by atoms with Gasteiger partial charge in [0.1, 0.15) is 22.2 Å². The van der Waals surface area contributed by atoms with Crippen molar-refractivity contribution in [1.82, 2.24) is 4.90 Å². The van der Waals surface area contributed by atoms with E-state index in [0.717, 1.165) is 42.5 Å². The highest BCUT2D eigenvalue weighted by Crippen LogP contribution is 2.55. The Labute approximate surface area is 282 Å². The summed E-state index contributed by atoms with van der Waals surface area (Å²) in [6.07, 6.45) is -12.3. The molecule has 0 N–H and O–H groups in total. The van der Waals surface area contributed by atoms with E-state index in [4.69, 9.17) is 4.74 Å². The fraction of sp³-hybridized carbons (Fsp3) is 0.441. The zero-order valence-corrected chi connectivity index (χ0v) is 27.1. The topological polar surface area (TPSA) is 72.9 Å². The van der Waals surface area contributed by atoms with Gasteiger partial charge in [0.15, 0.2) is 9.84 Å². The van der Waals surface area contributed by atoms with E-state index in [-0.39, 0.29) is 54.4 Å². The van der Waals surface area contributed by atoms with E-state index in [2.05, 4.69) is 4.74 Å². The Balaban J connectivity index is 1.53. The zero-order valence-electron chi connectivity index (χ0n) is 26.3. The van der Waals surface area contributed by atoms with E-state index in [0.29, 0.717) is 50.6 Å². The Hall–Kier alpha value is -3.63. The van der Waals surface area contributed by atoms with Crippen LogP contribution in [0.1, 0.15) is 48.8 Å². The molecule has 0 atom stereocenters. The maximum Gasteiger partial charge on any atom is 0.430 e. The van der Waals surface area contributed by atoms with Gasteiger partial charge in [-0.05, 0) is 73.6 Å². The Morgan fingerprint density at radius 3 is 1.88 bits per heavy atom. The quantitative estimate of drug-likeness (QED) is 0.166. The van der Waals surface area contributed by atoms with Crippen molar-refractivity contribution >= 4 is 15.7 Å². The lowest BCUT2D eigenvalue weighted by molar-refractivity contribution is -0.392. The lowest BCUT2D eigenvalue weighted by Gasteiger charge is -2.41. The van der Waals surface area contributed by atoms with Crippen LogP contribution in [0.25, 0.3) is 0 Å². The molecule has 1 saturated heterocycles. The number of carbonyl (C=O) groups is 1. The summed E-state index contributed by atoms with van der Waals surface area (Å²) in [7, 11) is -4.46. The van der Waals surface area contributed by atoms with Gasteiger partial charge >= 0.3 is 12.4 Å². The van der Waals surface area contributed by atoms with Crippen LogP contribution in [0, 0.1) is 23.4 Å². The number of rotatable bonds is 9. The predicted octanol–water partition coefficient (Wildman–Crippen LogP) is 7.75. The van der Waals surface area contributed by atoms with Crippen molar-refractivity contribution in [2.75, 3.05) is 26.3 Å². The van der Waals surface area contributed by atoms with Crippen molar-refractivity contribution in [2.24, 2.45) is 5.92 Å². The van der Waals surface area contributed by atoms with E-state index in [1.165, 1.54) is 0 Å². The van der Waals surface area contributed by atoms with Gasteiger partial charge in [0.2, 0.25) is 5.91 Å². The molecule has 272 valence electrons. The first-order valence-electron chi connectivity index (χ1n) is 15.6. The number of morpholine rings is 1. The van der Waals surface area contributed by atoms with E-state index in [1.54, 1.807) is 4.90 Å². The molecule has 5 rings (SSSR count). The van der Waals surface area contributed by atoms with Crippen LogP contribution in [0.3, 0.4) is 0 Å². The number of carbonyl (C=O) groups excluding carboxylic acids is 1. The molecule has 1 heterocycles. The lowest BCUT2D eigenvalue weighted by atomic mass is 9.76. The van der Waals surface area contributed by atoms with Crippen molar-refractivity contribution < 1.29 is 62.2 Å². The SMILES string of the molecule is O=C(CC1CCC(c2ccc(C(OCc3c(F)cccc3F)(C(F)(F)F)C(F)(F)F)cc2)(S(=O)(=O)c2ccc(F)cc2)CC1)N1CCOCC1. The van der Waals surface area contributed by atoms with Crippen LogP contribution in [0.4, 0.5) is 39.5 Å². The average molecular weight is 738 g/mol. The van der Waals surface area contributed by atoms with Crippen LogP contribution in [0.2, 0.25) is 0 Å². The van der Waals surface area contributed by atoms with Crippen LogP contribution < -0.4 is 0 Å². The van der Waals surface area contributed by atoms with Crippen molar-refractivity contribution in [2.45, 2.75) is 66.3 Å². The Bertz CT molecular complexity index is 1730. The minimum atomic E-state index is -6.20. The van der Waals surface area contributed by atoms with Gasteiger partial charge in [0.05, 0.1) is 24.7 Å². The van der Waals surface area contributed by atoms with Crippen molar-refractivity contribution in [1.29, 1.82) is 0 Å². The number of benzene rings is 3. The molecule has 2 aliphatic rings. The van der Waals surface area contributed by atoms with Crippen LogP contribution in [0.5, 0.6) is 0 Å². The van der Waals surface area contributed by atoms with Gasteiger partial charge in [0, 0.05) is 30.6 Å². The first kappa shape index (κ1) is 37.6. The largest absolute Gasteiger partial charge is 0.430 e. The van der Waals surface area contributed by atoms with Gasteiger partial charge in [-0.2, -0.15) is 26.3 Å². The highest BCUT2D eigenvalue weighted by atomic mass is 32.2. The number of nitrogens with zero attached hydrogens (tertiary/aromatic N) is 1. The summed E-state index contributed by atoms with van der Waals surface area (Å²) < 4.78 is 166. The van der Waals surface area contributed by atoms with E-state index >= 15 is 0 Å². The van der Waals surface area contributed by atoms with Gasteiger partial charge in [-0.25, -0.2) is 21.6 Å². The molecule has 1 aliphatic heterocycles. The molecule has 50 heavy (non-hydrogen) atoms. The molecule has 2 fully saturated rings. The van der Waals surface area contributed by atoms with Gasteiger partial charge in [0.25, 0.3) is 5.60 Å². The standard InChI is InChI=1S/C34H32F9NO5S/c35-25-8-10-26(11-9-25)50(46,47)31(14-12-22(13-15-31)20-30(45)44-16-18-48-19-17-44)23-4-6-24(7-5-23)32(33(38,39)40,34(41,42)43)49-21-27-28(36)2-1-3-29(27)37/h1-11,22H,12-21H2. The number of hydrogen-bond donors (Lipinski definition) is 0. The van der Waals surface area contributed by atoms with Gasteiger partial charge in [-0.15, -0.1) is 0 Å². The van der Waals surface area contributed by atoms with Gasteiger partial charge in [-0.3, -0.25) is 4.79 Å². The molecule has 6 nitrogen and oxygen atoms in total. The molecule has 3 aromatic rings. The molecule has 16 heteroatoms. The van der Waals surface area contributed by atoms with E-state index < -0.39 is 67.7 Å². The zero-order chi connectivity index (χ0) is 36.5. The normalized spacial score (nSPS) is 20.9. The van der Waals surface area contributed by atoms with Crippen LogP contribution in [-0.4, -0.2) is 57.9 Å². The highest BCUT2D eigenvalue weighted by molar-refractivity contribution is 7.92. The second-order valence-corrected chi connectivity index (χ2v) is 14.6. The maximum absolute atomic E-state index is 14.5. The van der Waals surface area contributed by atoms with Crippen LogP contribution >= 0.6 is 0 Å². The smallest absolute Gasteiger partial charge is 0.378 e. The summed E-state index contributed by atoms with van der Waals surface area (Å²) in [5, 5.41) is 0. The molecule has 0 unspecified atom stereocenters. The number of amides is 1. The molecular weight excluding hydrogens is 705 g/mol. The van der Waals surface area contributed by atoms with Crippen molar-refractivity contribution in [3.8, 4) is 0 Å². The Morgan fingerprint density at radius 2 is 1.36 bits per heavy atom. The van der Waals surface area contributed by atoms with Crippen LogP contribution in [0.15, 0.2) is 71.6 Å². The summed E-state index contributed by atoms with van der Waals surface area (Å²) >= 11 is 0. The maximum atomic E-state index is 14.5. The minimum absolute atomic E-state index is 0.102. The summed E-state index contributed by atoms with van der Waals surface area (Å²) in [4.78, 5) is 14.2. The van der Waals surface area contributed by atoms with E-state index in [1.807, 2.05) is 0 Å². The number of hydrogen-bond acceptors (Lipinski definition) is 5. The second kappa shape index (κ2) is 14.2. The average Bonchev–Trinajstić information content (AvgIpc) is 3.06. The second-order valence-electron chi connectivity index (χ2n) is 12.3. The minimum Gasteiger partial charge on any atom is -0.378 e. The fourth-order valence-electron chi connectivity index (χ4n) is 6.68. The van der Waals surface area contributed by atoms with Crippen molar-refractivity contribution in [3.63, 3.8) is 0 Å². The van der Waals surface area contributed by atoms with Gasteiger partial charge in [-0.1, -0.05) is 30.3 Å². The Morgan fingerprint density at radius 1 is 0.820 bits per heavy atom. The summed E-state index contributed by atoms with van der Waals surface area (Å²) in [6.45, 7) is -0.193. The summed E-state index contributed by atoms with van der Waals surface area (Å²) in [6, 6.07) is 8.55. The third-order valence-corrected chi connectivity index (χ3v) is 12.1.